The van der Waals surface area contributed by atoms with Gasteiger partial charge in [-0.1, -0.05) is 6.92 Å². The Morgan fingerprint density at radius 3 is 3.04 bits per heavy atom. The van der Waals surface area contributed by atoms with Crippen molar-refractivity contribution in [2.45, 2.75) is 32.9 Å². The van der Waals surface area contributed by atoms with Crippen molar-refractivity contribution in [3.05, 3.63) is 42.2 Å². The molecule has 1 aliphatic heterocycles. The number of halogens is 1. The van der Waals surface area contributed by atoms with E-state index in [1.54, 1.807) is 11.3 Å². The zero-order valence-corrected chi connectivity index (χ0v) is 18.8. The standard InChI is InChI=1S/C18H25N7S.HI/c1-3-20-17(21-10-15-11-24-8-9-26-18(24)22-15)23-6-4-14(2)16(12-23)25-7-5-19-13-25;/h5,7-9,11,13-14,16H,3-4,6,10,12H2,1-2H3,(H,20,21);1H. The predicted molar refractivity (Wildman–Crippen MR) is 120 cm³/mol. The summed E-state index contributed by atoms with van der Waals surface area (Å²) in [6.07, 6.45) is 11.1. The Morgan fingerprint density at radius 1 is 1.41 bits per heavy atom. The number of imidazole rings is 2. The minimum absolute atomic E-state index is 0. The molecular formula is C18H26IN7S. The van der Waals surface area contributed by atoms with Gasteiger partial charge in [-0.25, -0.2) is 15.0 Å². The molecule has 1 aliphatic rings. The van der Waals surface area contributed by atoms with Crippen LogP contribution >= 0.6 is 35.3 Å². The highest BCUT2D eigenvalue weighted by molar-refractivity contribution is 14.0. The second-order valence-corrected chi connectivity index (χ2v) is 7.66. The first kappa shape index (κ1) is 20.1. The van der Waals surface area contributed by atoms with Crippen LogP contribution in [0.1, 0.15) is 32.0 Å². The Balaban J connectivity index is 0.00000210. The number of hydrogen-bond acceptors (Lipinski definition) is 4. The zero-order valence-electron chi connectivity index (χ0n) is 15.7. The molecule has 1 saturated heterocycles. The Morgan fingerprint density at radius 2 is 2.30 bits per heavy atom. The molecule has 2 unspecified atom stereocenters. The van der Waals surface area contributed by atoms with Crippen molar-refractivity contribution in [2.24, 2.45) is 10.9 Å². The van der Waals surface area contributed by atoms with Gasteiger partial charge >= 0.3 is 0 Å². The summed E-state index contributed by atoms with van der Waals surface area (Å²) in [4.78, 5) is 17.1. The molecule has 3 aromatic heterocycles. The summed E-state index contributed by atoms with van der Waals surface area (Å²) < 4.78 is 4.28. The van der Waals surface area contributed by atoms with E-state index in [0.29, 0.717) is 18.5 Å². The number of fused-ring (bicyclic) bond motifs is 1. The summed E-state index contributed by atoms with van der Waals surface area (Å²) in [5.74, 6) is 1.60. The van der Waals surface area contributed by atoms with Crippen molar-refractivity contribution >= 4 is 46.2 Å². The fourth-order valence-electron chi connectivity index (χ4n) is 3.53. The molecule has 0 spiro atoms. The van der Waals surface area contributed by atoms with Gasteiger partial charge in [0.25, 0.3) is 0 Å². The molecule has 3 aromatic rings. The molecule has 1 fully saturated rings. The van der Waals surface area contributed by atoms with Crippen molar-refractivity contribution in [3.63, 3.8) is 0 Å². The van der Waals surface area contributed by atoms with E-state index in [4.69, 9.17) is 4.99 Å². The molecule has 7 nitrogen and oxygen atoms in total. The summed E-state index contributed by atoms with van der Waals surface area (Å²) in [5.41, 5.74) is 1.00. The first-order chi connectivity index (χ1) is 12.7. The molecule has 0 radical (unpaired) electrons. The number of aromatic nitrogens is 4. The Labute approximate surface area is 180 Å². The van der Waals surface area contributed by atoms with E-state index in [1.807, 2.05) is 24.1 Å². The topological polar surface area (TPSA) is 62.8 Å². The highest BCUT2D eigenvalue weighted by atomic mass is 127. The first-order valence-electron chi connectivity index (χ1n) is 9.16. The average Bonchev–Trinajstić information content (AvgIpc) is 3.36. The third kappa shape index (κ3) is 4.45. The van der Waals surface area contributed by atoms with E-state index in [2.05, 4.69) is 55.4 Å². The van der Waals surface area contributed by atoms with Crippen LogP contribution in [0.4, 0.5) is 0 Å². The van der Waals surface area contributed by atoms with Gasteiger partial charge in [0.05, 0.1) is 24.6 Å². The van der Waals surface area contributed by atoms with Crippen molar-refractivity contribution in [1.29, 1.82) is 0 Å². The van der Waals surface area contributed by atoms with E-state index in [9.17, 15) is 0 Å². The highest BCUT2D eigenvalue weighted by Crippen LogP contribution is 2.27. The number of hydrogen-bond donors (Lipinski definition) is 1. The number of aliphatic imine (C=N–C) groups is 1. The summed E-state index contributed by atoms with van der Waals surface area (Å²) in [7, 11) is 0. The number of guanidine groups is 1. The van der Waals surface area contributed by atoms with Crippen LogP contribution < -0.4 is 5.32 Å². The Kier molecular flexibility index (Phi) is 6.74. The number of rotatable bonds is 4. The first-order valence-corrected chi connectivity index (χ1v) is 10.0. The van der Waals surface area contributed by atoms with E-state index >= 15 is 0 Å². The summed E-state index contributed by atoms with van der Waals surface area (Å²) in [6.45, 7) is 7.86. The van der Waals surface area contributed by atoms with Gasteiger partial charge < -0.3 is 14.8 Å². The molecule has 27 heavy (non-hydrogen) atoms. The van der Waals surface area contributed by atoms with E-state index in [0.717, 1.165) is 42.7 Å². The maximum atomic E-state index is 4.86. The SMILES string of the molecule is CCNC(=NCc1cn2ccsc2n1)N1CCC(C)C(n2ccnc2)C1.I. The molecule has 4 heterocycles. The van der Waals surface area contributed by atoms with Gasteiger partial charge in [0.1, 0.15) is 0 Å². The molecule has 0 aliphatic carbocycles. The average molecular weight is 499 g/mol. The summed E-state index contributed by atoms with van der Waals surface area (Å²) in [5, 5.41) is 5.50. The monoisotopic (exact) mass is 499 g/mol. The maximum absolute atomic E-state index is 4.86. The van der Waals surface area contributed by atoms with Gasteiger partial charge in [-0.05, 0) is 19.3 Å². The quantitative estimate of drug-likeness (QED) is 0.340. The van der Waals surface area contributed by atoms with Crippen LogP contribution in [0.15, 0.2) is 41.5 Å². The van der Waals surface area contributed by atoms with Crippen LogP contribution in [-0.2, 0) is 6.54 Å². The smallest absolute Gasteiger partial charge is 0.194 e. The van der Waals surface area contributed by atoms with Gasteiger partial charge in [-0.3, -0.25) is 4.40 Å². The molecule has 9 heteroatoms. The molecule has 0 saturated carbocycles. The lowest BCUT2D eigenvalue weighted by Crippen LogP contribution is -2.49. The van der Waals surface area contributed by atoms with Crippen molar-refractivity contribution in [2.75, 3.05) is 19.6 Å². The molecule has 2 atom stereocenters. The van der Waals surface area contributed by atoms with Crippen molar-refractivity contribution in [3.8, 4) is 0 Å². The minimum Gasteiger partial charge on any atom is -0.357 e. The van der Waals surface area contributed by atoms with Crippen LogP contribution in [-0.4, -0.2) is 49.4 Å². The second-order valence-electron chi connectivity index (χ2n) is 6.78. The minimum atomic E-state index is 0. The summed E-state index contributed by atoms with van der Waals surface area (Å²) >= 11 is 1.65. The predicted octanol–water partition coefficient (Wildman–Crippen LogP) is 3.26. The lowest BCUT2D eigenvalue weighted by Gasteiger charge is -2.39. The second kappa shape index (κ2) is 9.05. The van der Waals surface area contributed by atoms with Crippen LogP contribution in [0.3, 0.4) is 0 Å². The number of nitrogens with one attached hydrogen (secondary N) is 1. The molecule has 0 bridgehead atoms. The van der Waals surface area contributed by atoms with Gasteiger partial charge in [-0.2, -0.15) is 0 Å². The van der Waals surface area contributed by atoms with E-state index < -0.39 is 0 Å². The van der Waals surface area contributed by atoms with Crippen molar-refractivity contribution < 1.29 is 0 Å². The zero-order chi connectivity index (χ0) is 17.9. The third-order valence-electron chi connectivity index (χ3n) is 4.99. The van der Waals surface area contributed by atoms with Crippen LogP contribution in [0.2, 0.25) is 0 Å². The molecule has 1 N–H and O–H groups in total. The third-order valence-corrected chi connectivity index (χ3v) is 5.77. The lowest BCUT2D eigenvalue weighted by atomic mass is 9.93. The van der Waals surface area contributed by atoms with Crippen LogP contribution in [0.25, 0.3) is 4.96 Å². The normalized spacial score (nSPS) is 20.7. The molecule has 4 rings (SSSR count). The summed E-state index contributed by atoms with van der Waals surface area (Å²) in [6, 6.07) is 0.424. The lowest BCUT2D eigenvalue weighted by molar-refractivity contribution is 0.189. The number of nitrogens with zero attached hydrogens (tertiary/aromatic N) is 6. The van der Waals surface area contributed by atoms with Crippen LogP contribution in [0.5, 0.6) is 0 Å². The molecule has 0 aromatic carbocycles. The van der Waals surface area contributed by atoms with E-state index in [-0.39, 0.29) is 24.0 Å². The number of piperidine rings is 1. The molecule has 146 valence electrons. The van der Waals surface area contributed by atoms with Gasteiger partial charge in [0.2, 0.25) is 0 Å². The fraction of sp³-hybridized carbons (Fsp3) is 0.500. The van der Waals surface area contributed by atoms with Gasteiger partial charge in [-0.15, -0.1) is 35.3 Å². The van der Waals surface area contributed by atoms with E-state index in [1.165, 1.54) is 0 Å². The number of thiazole rings is 1. The highest BCUT2D eigenvalue weighted by Gasteiger charge is 2.28. The molecular weight excluding hydrogens is 473 g/mol. The molecule has 0 amide bonds. The largest absolute Gasteiger partial charge is 0.357 e. The number of likely N-dealkylation sites (tertiary alicyclic amines) is 1. The van der Waals surface area contributed by atoms with Crippen molar-refractivity contribution in [1.82, 2.24) is 29.2 Å². The maximum Gasteiger partial charge on any atom is 0.194 e. The van der Waals surface area contributed by atoms with Gasteiger partial charge in [0, 0.05) is 49.8 Å². The Bertz CT molecular complexity index is 841. The van der Waals surface area contributed by atoms with Gasteiger partial charge in [0.15, 0.2) is 10.9 Å². The van der Waals surface area contributed by atoms with Crippen LogP contribution in [0, 0.1) is 5.92 Å². The Hall–Kier alpha value is -1.62. The fourth-order valence-corrected chi connectivity index (χ4v) is 4.25.